The van der Waals surface area contributed by atoms with E-state index in [2.05, 4.69) is 10.6 Å². The Morgan fingerprint density at radius 1 is 1.00 bits per heavy atom. The molecule has 1 amide bonds. The van der Waals surface area contributed by atoms with Gasteiger partial charge >= 0.3 is 0 Å². The number of para-hydroxylation sites is 1. The first kappa shape index (κ1) is 14.9. The molecule has 0 unspecified atom stereocenters. The molecule has 0 bridgehead atoms. The quantitative estimate of drug-likeness (QED) is 0.819. The van der Waals surface area contributed by atoms with Crippen molar-refractivity contribution in [1.82, 2.24) is 5.32 Å². The van der Waals surface area contributed by atoms with Gasteiger partial charge in [-0.05, 0) is 42.8 Å². The standard InChI is InChI=1S/C17H20N2O2/c1-2-12-18-17(20)13-19-14-8-10-16(11-9-14)21-15-6-4-3-5-7-15/h3-11,19H,2,12-13H2,1H3,(H,18,20). The molecule has 0 fully saturated rings. The van der Waals surface area contributed by atoms with Crippen molar-refractivity contribution in [3.8, 4) is 11.5 Å². The highest BCUT2D eigenvalue weighted by Gasteiger charge is 2.01. The Hall–Kier alpha value is -2.49. The summed E-state index contributed by atoms with van der Waals surface area (Å²) < 4.78 is 5.70. The summed E-state index contributed by atoms with van der Waals surface area (Å²) in [6.45, 7) is 3.02. The second kappa shape index (κ2) is 7.94. The third-order valence-electron chi connectivity index (χ3n) is 2.86. The van der Waals surface area contributed by atoms with Crippen LogP contribution in [-0.4, -0.2) is 19.0 Å². The summed E-state index contributed by atoms with van der Waals surface area (Å²) in [4.78, 5) is 11.5. The van der Waals surface area contributed by atoms with Crippen LogP contribution in [0.15, 0.2) is 54.6 Å². The lowest BCUT2D eigenvalue weighted by molar-refractivity contribution is -0.119. The predicted molar refractivity (Wildman–Crippen MR) is 84.7 cm³/mol. The van der Waals surface area contributed by atoms with Gasteiger partial charge in [-0.1, -0.05) is 25.1 Å². The number of ether oxygens (including phenoxy) is 1. The van der Waals surface area contributed by atoms with Gasteiger partial charge in [0.2, 0.25) is 5.91 Å². The van der Waals surface area contributed by atoms with Gasteiger partial charge in [-0.2, -0.15) is 0 Å². The maximum atomic E-state index is 11.5. The zero-order valence-electron chi connectivity index (χ0n) is 12.1. The van der Waals surface area contributed by atoms with E-state index in [1.807, 2.05) is 61.5 Å². The molecule has 0 aromatic heterocycles. The van der Waals surface area contributed by atoms with Crippen LogP contribution in [0.25, 0.3) is 0 Å². The summed E-state index contributed by atoms with van der Waals surface area (Å²) in [5.74, 6) is 1.57. The fourth-order valence-corrected chi connectivity index (χ4v) is 1.77. The van der Waals surface area contributed by atoms with Crippen molar-refractivity contribution in [1.29, 1.82) is 0 Å². The molecular weight excluding hydrogens is 264 g/mol. The first-order valence-corrected chi connectivity index (χ1v) is 7.11. The molecule has 21 heavy (non-hydrogen) atoms. The average Bonchev–Trinajstić information content (AvgIpc) is 2.53. The average molecular weight is 284 g/mol. The van der Waals surface area contributed by atoms with E-state index < -0.39 is 0 Å². The molecule has 4 heteroatoms. The van der Waals surface area contributed by atoms with Crippen LogP contribution in [0.1, 0.15) is 13.3 Å². The topological polar surface area (TPSA) is 50.4 Å². The van der Waals surface area contributed by atoms with Crippen LogP contribution in [0.2, 0.25) is 0 Å². The van der Waals surface area contributed by atoms with Gasteiger partial charge in [0.25, 0.3) is 0 Å². The number of hydrogen-bond acceptors (Lipinski definition) is 3. The highest BCUT2D eigenvalue weighted by atomic mass is 16.5. The molecule has 0 heterocycles. The molecule has 0 spiro atoms. The Morgan fingerprint density at radius 2 is 1.67 bits per heavy atom. The number of rotatable bonds is 7. The van der Waals surface area contributed by atoms with Gasteiger partial charge in [0, 0.05) is 12.2 Å². The highest BCUT2D eigenvalue weighted by molar-refractivity contribution is 5.80. The summed E-state index contributed by atoms with van der Waals surface area (Å²) in [6, 6.07) is 17.2. The predicted octanol–water partition coefficient (Wildman–Crippen LogP) is 3.42. The zero-order chi connectivity index (χ0) is 14.9. The summed E-state index contributed by atoms with van der Waals surface area (Å²) in [5, 5.41) is 5.90. The Labute approximate surface area is 125 Å². The maximum Gasteiger partial charge on any atom is 0.239 e. The van der Waals surface area contributed by atoms with E-state index in [1.54, 1.807) is 0 Å². The van der Waals surface area contributed by atoms with Crippen LogP contribution in [0.3, 0.4) is 0 Å². The van der Waals surface area contributed by atoms with Crippen molar-refractivity contribution < 1.29 is 9.53 Å². The van der Waals surface area contributed by atoms with Gasteiger partial charge in [0.05, 0.1) is 6.54 Å². The van der Waals surface area contributed by atoms with E-state index in [0.717, 1.165) is 23.6 Å². The molecule has 0 radical (unpaired) electrons. The summed E-state index contributed by atoms with van der Waals surface area (Å²) in [6.07, 6.45) is 0.942. The number of anilines is 1. The third kappa shape index (κ3) is 5.18. The van der Waals surface area contributed by atoms with Crippen molar-refractivity contribution in [3.63, 3.8) is 0 Å². The molecule has 0 aliphatic heterocycles. The number of carbonyl (C=O) groups excluding carboxylic acids is 1. The fraction of sp³-hybridized carbons (Fsp3) is 0.235. The largest absolute Gasteiger partial charge is 0.457 e. The molecule has 2 rings (SSSR count). The molecule has 2 N–H and O–H groups in total. The molecule has 0 aliphatic carbocycles. The van der Waals surface area contributed by atoms with Gasteiger partial charge in [0.15, 0.2) is 0 Å². The SMILES string of the molecule is CCCNC(=O)CNc1ccc(Oc2ccccc2)cc1. The van der Waals surface area contributed by atoms with Crippen molar-refractivity contribution in [2.45, 2.75) is 13.3 Å². The summed E-state index contributed by atoms with van der Waals surface area (Å²) in [7, 11) is 0. The summed E-state index contributed by atoms with van der Waals surface area (Å²) in [5.41, 5.74) is 0.891. The maximum absolute atomic E-state index is 11.5. The lowest BCUT2D eigenvalue weighted by Gasteiger charge is -2.09. The highest BCUT2D eigenvalue weighted by Crippen LogP contribution is 2.22. The number of benzene rings is 2. The van der Waals surface area contributed by atoms with Crippen LogP contribution < -0.4 is 15.4 Å². The lowest BCUT2D eigenvalue weighted by atomic mass is 10.3. The molecule has 0 atom stereocenters. The van der Waals surface area contributed by atoms with Crippen LogP contribution >= 0.6 is 0 Å². The van der Waals surface area contributed by atoms with Crippen molar-refractivity contribution >= 4 is 11.6 Å². The van der Waals surface area contributed by atoms with E-state index in [0.29, 0.717) is 6.54 Å². The van der Waals surface area contributed by atoms with E-state index in [9.17, 15) is 4.79 Å². The van der Waals surface area contributed by atoms with Crippen LogP contribution in [0.4, 0.5) is 5.69 Å². The van der Waals surface area contributed by atoms with E-state index in [4.69, 9.17) is 4.74 Å². The number of hydrogen-bond donors (Lipinski definition) is 2. The molecule has 0 aliphatic rings. The molecular formula is C17H20N2O2. The minimum Gasteiger partial charge on any atom is -0.457 e. The van der Waals surface area contributed by atoms with Crippen molar-refractivity contribution in [2.24, 2.45) is 0 Å². The Morgan fingerprint density at radius 3 is 2.33 bits per heavy atom. The second-order valence-electron chi connectivity index (χ2n) is 4.64. The molecule has 0 saturated carbocycles. The Balaban J connectivity index is 1.83. The smallest absolute Gasteiger partial charge is 0.239 e. The Kier molecular flexibility index (Phi) is 5.64. The second-order valence-corrected chi connectivity index (χ2v) is 4.64. The van der Waals surface area contributed by atoms with Gasteiger partial charge in [-0.15, -0.1) is 0 Å². The van der Waals surface area contributed by atoms with Gasteiger partial charge in [-0.25, -0.2) is 0 Å². The number of amides is 1. The molecule has 110 valence electrons. The van der Waals surface area contributed by atoms with Gasteiger partial charge in [-0.3, -0.25) is 4.79 Å². The van der Waals surface area contributed by atoms with Crippen molar-refractivity contribution in [3.05, 3.63) is 54.6 Å². The normalized spacial score (nSPS) is 9.95. The van der Waals surface area contributed by atoms with E-state index in [-0.39, 0.29) is 12.5 Å². The summed E-state index contributed by atoms with van der Waals surface area (Å²) >= 11 is 0. The van der Waals surface area contributed by atoms with Gasteiger partial charge in [0.1, 0.15) is 11.5 Å². The van der Waals surface area contributed by atoms with E-state index >= 15 is 0 Å². The first-order valence-electron chi connectivity index (χ1n) is 7.11. The van der Waals surface area contributed by atoms with Crippen molar-refractivity contribution in [2.75, 3.05) is 18.4 Å². The minimum absolute atomic E-state index is 0.00135. The van der Waals surface area contributed by atoms with Crippen LogP contribution in [0, 0.1) is 0 Å². The fourth-order valence-electron chi connectivity index (χ4n) is 1.77. The van der Waals surface area contributed by atoms with Crippen LogP contribution in [-0.2, 0) is 4.79 Å². The lowest BCUT2D eigenvalue weighted by Crippen LogP contribution is -2.30. The molecule has 4 nitrogen and oxygen atoms in total. The minimum atomic E-state index is 0.00135. The molecule has 2 aromatic rings. The number of nitrogens with one attached hydrogen (secondary N) is 2. The monoisotopic (exact) mass is 284 g/mol. The zero-order valence-corrected chi connectivity index (χ0v) is 12.1. The first-order chi connectivity index (χ1) is 10.3. The number of carbonyl (C=O) groups is 1. The third-order valence-corrected chi connectivity index (χ3v) is 2.86. The Bertz CT molecular complexity index is 553. The van der Waals surface area contributed by atoms with Crippen LogP contribution in [0.5, 0.6) is 11.5 Å². The van der Waals surface area contributed by atoms with Gasteiger partial charge < -0.3 is 15.4 Å². The molecule has 2 aromatic carbocycles. The van der Waals surface area contributed by atoms with E-state index in [1.165, 1.54) is 0 Å². The molecule has 0 saturated heterocycles.